The van der Waals surface area contributed by atoms with E-state index in [-0.39, 0.29) is 17.9 Å². The standard InChI is InChI=1S/C30H32N2O7/c1-5-6-14-39-22-9-7-8-20(15-22)27(33)25-26(21-16-23(36-2)29(38-4)24(17-21)37-3)32(30(35)28(25)34)18-19-10-12-31-13-11-19/h7-13,15-17,26,33H,5-6,14,18H2,1-4H3. The van der Waals surface area contributed by atoms with E-state index in [1.165, 1.54) is 26.2 Å². The van der Waals surface area contributed by atoms with Gasteiger partial charge in [0.05, 0.1) is 39.6 Å². The third-order valence-electron chi connectivity index (χ3n) is 6.52. The Labute approximate surface area is 227 Å². The molecule has 0 spiro atoms. The summed E-state index contributed by atoms with van der Waals surface area (Å²) in [6, 6.07) is 12.8. The number of likely N-dealkylation sites (tertiary alicyclic amines) is 1. The SMILES string of the molecule is CCCCOc1cccc(C(O)=C2C(=O)C(=O)N(Cc3ccncc3)C2c2cc(OC)c(OC)c(OC)c2)c1. The second-order valence-corrected chi connectivity index (χ2v) is 8.97. The Morgan fingerprint density at radius 2 is 1.67 bits per heavy atom. The van der Waals surface area contributed by atoms with Crippen LogP contribution in [0.25, 0.3) is 5.76 Å². The Kier molecular flexibility index (Phi) is 8.70. The van der Waals surface area contributed by atoms with Crippen molar-refractivity contribution in [1.82, 2.24) is 9.88 Å². The summed E-state index contributed by atoms with van der Waals surface area (Å²) in [6.07, 6.45) is 5.10. The number of benzene rings is 2. The van der Waals surface area contributed by atoms with Crippen LogP contribution < -0.4 is 18.9 Å². The zero-order valence-electron chi connectivity index (χ0n) is 22.5. The number of aromatic nitrogens is 1. The lowest BCUT2D eigenvalue weighted by Gasteiger charge is -2.26. The number of Topliss-reactive ketones (excluding diaryl/α,β-unsaturated/α-hetero) is 1. The fraction of sp³-hybridized carbons (Fsp3) is 0.300. The molecule has 204 valence electrons. The smallest absolute Gasteiger partial charge is 0.295 e. The predicted octanol–water partition coefficient (Wildman–Crippen LogP) is 4.91. The number of ether oxygens (including phenoxy) is 4. The van der Waals surface area contributed by atoms with Crippen LogP contribution in [0.3, 0.4) is 0 Å². The molecule has 2 heterocycles. The van der Waals surface area contributed by atoms with Crippen molar-refractivity contribution in [3.05, 3.63) is 83.2 Å². The van der Waals surface area contributed by atoms with E-state index in [0.29, 0.717) is 40.7 Å². The molecule has 9 nitrogen and oxygen atoms in total. The number of hydrogen-bond acceptors (Lipinski definition) is 8. The van der Waals surface area contributed by atoms with Gasteiger partial charge in [-0.05, 0) is 53.9 Å². The first-order valence-corrected chi connectivity index (χ1v) is 12.6. The molecule has 1 N–H and O–H groups in total. The molecule has 1 fully saturated rings. The van der Waals surface area contributed by atoms with Gasteiger partial charge in [-0.2, -0.15) is 0 Å². The summed E-state index contributed by atoms with van der Waals surface area (Å²) in [6.45, 7) is 2.72. The zero-order valence-corrected chi connectivity index (χ0v) is 22.5. The van der Waals surface area contributed by atoms with E-state index in [2.05, 4.69) is 11.9 Å². The molecule has 1 amide bonds. The van der Waals surface area contributed by atoms with Crippen molar-refractivity contribution in [3.63, 3.8) is 0 Å². The molecule has 0 radical (unpaired) electrons. The van der Waals surface area contributed by atoms with Crippen LogP contribution in [-0.4, -0.2) is 54.6 Å². The highest BCUT2D eigenvalue weighted by atomic mass is 16.5. The number of carbonyl (C=O) groups is 2. The number of nitrogens with zero attached hydrogens (tertiary/aromatic N) is 2. The number of pyridine rings is 1. The van der Waals surface area contributed by atoms with Gasteiger partial charge in [-0.3, -0.25) is 14.6 Å². The maximum Gasteiger partial charge on any atom is 0.295 e. The van der Waals surface area contributed by atoms with Crippen molar-refractivity contribution in [2.45, 2.75) is 32.4 Å². The fourth-order valence-corrected chi connectivity index (χ4v) is 4.56. The molecule has 9 heteroatoms. The summed E-state index contributed by atoms with van der Waals surface area (Å²) in [5, 5.41) is 11.5. The molecular formula is C30H32N2O7. The van der Waals surface area contributed by atoms with E-state index in [4.69, 9.17) is 18.9 Å². The van der Waals surface area contributed by atoms with Crippen molar-refractivity contribution in [1.29, 1.82) is 0 Å². The Bertz CT molecular complexity index is 1350. The van der Waals surface area contributed by atoms with Crippen molar-refractivity contribution >= 4 is 17.4 Å². The molecule has 1 aliphatic rings. The Morgan fingerprint density at radius 3 is 2.28 bits per heavy atom. The van der Waals surface area contributed by atoms with Crippen LogP contribution in [-0.2, 0) is 16.1 Å². The molecule has 2 aromatic carbocycles. The van der Waals surface area contributed by atoms with E-state index in [1.54, 1.807) is 60.9 Å². The molecule has 0 bridgehead atoms. The van der Waals surface area contributed by atoms with E-state index in [0.717, 1.165) is 18.4 Å². The average molecular weight is 533 g/mol. The molecule has 1 atom stereocenters. The monoisotopic (exact) mass is 532 g/mol. The molecule has 1 saturated heterocycles. The van der Waals surface area contributed by atoms with E-state index in [1.807, 2.05) is 0 Å². The van der Waals surface area contributed by atoms with Crippen LogP contribution >= 0.6 is 0 Å². The summed E-state index contributed by atoms with van der Waals surface area (Å²) in [4.78, 5) is 32.4. The molecule has 4 rings (SSSR count). The van der Waals surface area contributed by atoms with E-state index in [9.17, 15) is 14.7 Å². The number of carbonyl (C=O) groups excluding carboxylic acids is 2. The lowest BCUT2D eigenvalue weighted by atomic mass is 9.94. The molecule has 1 aromatic heterocycles. The number of hydrogen-bond donors (Lipinski definition) is 1. The second kappa shape index (κ2) is 12.3. The first-order valence-electron chi connectivity index (χ1n) is 12.6. The van der Waals surface area contributed by atoms with Gasteiger partial charge in [-0.1, -0.05) is 25.5 Å². The average Bonchev–Trinajstić information content (AvgIpc) is 3.21. The third kappa shape index (κ3) is 5.67. The van der Waals surface area contributed by atoms with Gasteiger partial charge in [0.15, 0.2) is 11.5 Å². The quantitative estimate of drug-likeness (QED) is 0.161. The minimum Gasteiger partial charge on any atom is -0.507 e. The zero-order chi connectivity index (χ0) is 27.9. The van der Waals surface area contributed by atoms with Crippen molar-refractivity contribution in [2.24, 2.45) is 0 Å². The molecular weight excluding hydrogens is 500 g/mol. The van der Waals surface area contributed by atoms with Crippen LogP contribution in [0.5, 0.6) is 23.0 Å². The van der Waals surface area contributed by atoms with Crippen LogP contribution in [0, 0.1) is 0 Å². The first kappa shape index (κ1) is 27.5. The van der Waals surface area contributed by atoms with Crippen LogP contribution in [0.15, 0.2) is 66.5 Å². The maximum absolute atomic E-state index is 13.5. The third-order valence-corrected chi connectivity index (χ3v) is 6.52. The van der Waals surface area contributed by atoms with E-state index < -0.39 is 17.7 Å². The summed E-state index contributed by atoms with van der Waals surface area (Å²) in [5.74, 6) is -0.194. The molecule has 3 aromatic rings. The molecule has 0 aliphatic carbocycles. The van der Waals surface area contributed by atoms with Gasteiger partial charge in [0.2, 0.25) is 5.75 Å². The highest BCUT2D eigenvalue weighted by Gasteiger charge is 2.46. The number of ketones is 1. The molecule has 39 heavy (non-hydrogen) atoms. The number of aliphatic hydroxyl groups is 1. The van der Waals surface area contributed by atoms with Gasteiger partial charge in [-0.15, -0.1) is 0 Å². The lowest BCUT2D eigenvalue weighted by Crippen LogP contribution is -2.29. The number of amides is 1. The first-order chi connectivity index (χ1) is 18.9. The topological polar surface area (TPSA) is 107 Å². The maximum atomic E-state index is 13.5. The normalized spacial score (nSPS) is 16.3. The highest BCUT2D eigenvalue weighted by Crippen LogP contribution is 2.46. The molecule has 1 aliphatic heterocycles. The van der Waals surface area contributed by atoms with Gasteiger partial charge < -0.3 is 29.0 Å². The van der Waals surface area contributed by atoms with Gasteiger partial charge in [0.25, 0.3) is 11.7 Å². The number of methoxy groups -OCH3 is 3. The van der Waals surface area contributed by atoms with Crippen LogP contribution in [0.4, 0.5) is 0 Å². The van der Waals surface area contributed by atoms with Gasteiger partial charge in [-0.25, -0.2) is 0 Å². The van der Waals surface area contributed by atoms with Gasteiger partial charge >= 0.3 is 0 Å². The van der Waals surface area contributed by atoms with Crippen LogP contribution in [0.1, 0.15) is 42.5 Å². The lowest BCUT2D eigenvalue weighted by molar-refractivity contribution is -0.140. The van der Waals surface area contributed by atoms with Crippen molar-refractivity contribution in [3.8, 4) is 23.0 Å². The number of aliphatic hydroxyl groups excluding tert-OH is 1. The Hall–Kier alpha value is -4.53. The summed E-state index contributed by atoms with van der Waals surface area (Å²) in [5.41, 5.74) is 1.60. The molecule has 1 unspecified atom stereocenters. The van der Waals surface area contributed by atoms with E-state index >= 15 is 0 Å². The minimum absolute atomic E-state index is 0.0472. The highest BCUT2D eigenvalue weighted by molar-refractivity contribution is 6.46. The number of unbranched alkanes of at least 4 members (excludes halogenated alkanes) is 1. The Balaban J connectivity index is 1.88. The predicted molar refractivity (Wildman–Crippen MR) is 145 cm³/mol. The minimum atomic E-state index is -0.934. The van der Waals surface area contributed by atoms with Crippen LogP contribution in [0.2, 0.25) is 0 Å². The van der Waals surface area contributed by atoms with Crippen molar-refractivity contribution < 1.29 is 33.6 Å². The summed E-state index contributed by atoms with van der Waals surface area (Å²) >= 11 is 0. The fourth-order valence-electron chi connectivity index (χ4n) is 4.56. The second-order valence-electron chi connectivity index (χ2n) is 8.97. The largest absolute Gasteiger partial charge is 0.507 e. The Morgan fingerprint density at radius 1 is 0.974 bits per heavy atom. The summed E-state index contributed by atoms with van der Waals surface area (Å²) < 4.78 is 22.3. The van der Waals surface area contributed by atoms with Crippen molar-refractivity contribution in [2.75, 3.05) is 27.9 Å². The van der Waals surface area contributed by atoms with Gasteiger partial charge in [0, 0.05) is 24.5 Å². The molecule has 0 saturated carbocycles. The number of rotatable bonds is 11. The van der Waals surface area contributed by atoms with Gasteiger partial charge in [0.1, 0.15) is 11.5 Å². The summed E-state index contributed by atoms with van der Waals surface area (Å²) in [7, 11) is 4.46.